The molecule has 7 rings (SSSR count). The number of rotatable bonds is 6. The number of ether oxygens (including phenoxy) is 2. The molecule has 2 heterocycles. The van der Waals surface area contributed by atoms with Crippen LogP contribution in [0.5, 0.6) is 23.3 Å². The molecule has 0 aliphatic carbocycles. The molecule has 0 unspecified atom stereocenters. The third-order valence-electron chi connectivity index (χ3n) is 7.69. The van der Waals surface area contributed by atoms with Crippen LogP contribution in [-0.2, 0) is 0 Å². The molecule has 9 heteroatoms. The first-order chi connectivity index (χ1) is 22.5. The fourth-order valence-corrected chi connectivity index (χ4v) is 5.29. The summed E-state index contributed by atoms with van der Waals surface area (Å²) < 4.78 is 12.7. The van der Waals surface area contributed by atoms with Crippen molar-refractivity contribution < 1.29 is 9.47 Å². The normalized spacial score (nSPS) is 11.6. The fraction of sp³-hybridized carbons (Fsp3) is 0.0541. The molecule has 1 aromatic heterocycles. The van der Waals surface area contributed by atoms with Gasteiger partial charge in [0.1, 0.15) is 5.75 Å². The predicted molar refractivity (Wildman–Crippen MR) is 177 cm³/mol. The molecule has 0 saturated heterocycles. The van der Waals surface area contributed by atoms with Crippen molar-refractivity contribution in [3.8, 4) is 52.1 Å². The van der Waals surface area contributed by atoms with E-state index in [0.29, 0.717) is 51.3 Å². The van der Waals surface area contributed by atoms with Gasteiger partial charge in [0, 0.05) is 31.3 Å². The minimum Gasteiger partial charge on any atom is -0.453 e. The minimum absolute atomic E-state index is 0.0677. The average Bonchev–Trinajstić information content (AvgIpc) is 3.11. The van der Waals surface area contributed by atoms with Gasteiger partial charge in [0.15, 0.2) is 28.8 Å². The molecule has 0 atom stereocenters. The molecule has 0 amide bonds. The Kier molecular flexibility index (Phi) is 7.18. The van der Waals surface area contributed by atoms with Crippen molar-refractivity contribution in [2.24, 2.45) is 0 Å². The summed E-state index contributed by atoms with van der Waals surface area (Å²) in [5.41, 5.74) is 6.74. The van der Waals surface area contributed by atoms with Crippen molar-refractivity contribution in [3.05, 3.63) is 132 Å². The van der Waals surface area contributed by atoms with Crippen LogP contribution in [0.4, 0.5) is 28.4 Å². The number of hydrogen-bond donors (Lipinski definition) is 0. The van der Waals surface area contributed by atoms with E-state index in [0.717, 1.165) is 22.7 Å². The summed E-state index contributed by atoms with van der Waals surface area (Å²) >= 11 is 0. The van der Waals surface area contributed by atoms with Crippen LogP contribution < -0.4 is 19.3 Å². The van der Waals surface area contributed by atoms with E-state index in [4.69, 9.17) is 16.0 Å². The van der Waals surface area contributed by atoms with Crippen LogP contribution in [0.2, 0.25) is 0 Å². The lowest BCUT2D eigenvalue weighted by Crippen LogP contribution is -2.24. The van der Waals surface area contributed by atoms with E-state index < -0.39 is 0 Å². The molecule has 46 heavy (non-hydrogen) atoms. The highest BCUT2D eigenvalue weighted by atomic mass is 16.5. The monoisotopic (exact) mass is 599 g/mol. The number of hydrogen-bond acceptors (Lipinski definition) is 8. The van der Waals surface area contributed by atoms with Gasteiger partial charge >= 0.3 is 6.01 Å². The Morgan fingerprint density at radius 2 is 1.17 bits per heavy atom. The zero-order valence-corrected chi connectivity index (χ0v) is 24.9. The molecule has 0 fully saturated rings. The Balaban J connectivity index is 1.23. The van der Waals surface area contributed by atoms with Gasteiger partial charge in [-0.1, -0.05) is 48.5 Å². The quantitative estimate of drug-likeness (QED) is 0.175. The maximum Gasteiger partial charge on any atom is 0.326 e. The molecule has 220 valence electrons. The molecule has 1 aliphatic rings. The summed E-state index contributed by atoms with van der Waals surface area (Å²) in [7, 11) is 4.10. The van der Waals surface area contributed by atoms with Crippen LogP contribution in [-0.4, -0.2) is 29.0 Å². The van der Waals surface area contributed by atoms with Crippen LogP contribution in [0.15, 0.2) is 115 Å². The summed E-state index contributed by atoms with van der Waals surface area (Å²) in [6.45, 7) is 7.28. The van der Waals surface area contributed by atoms with Gasteiger partial charge in [-0.05, 0) is 60.7 Å². The smallest absolute Gasteiger partial charge is 0.326 e. The highest BCUT2D eigenvalue weighted by molar-refractivity contribution is 5.93. The zero-order valence-electron chi connectivity index (χ0n) is 24.9. The molecule has 0 radical (unpaired) electrons. The lowest BCUT2D eigenvalue weighted by Gasteiger charge is -2.36. The SMILES string of the molecule is [C-]#[N+]c1ccc(-c2nc(Oc3ccccc3Oc3ccc4c(c3)N(C)c3ccccc3N4C)nc(-c3ccc(C#N)cc3)n2)cc1. The van der Waals surface area contributed by atoms with Crippen LogP contribution in [0, 0.1) is 17.9 Å². The number of fused-ring (bicyclic) bond motifs is 2. The van der Waals surface area contributed by atoms with Crippen molar-refractivity contribution in [1.29, 1.82) is 5.26 Å². The van der Waals surface area contributed by atoms with Crippen molar-refractivity contribution >= 4 is 28.4 Å². The molecular weight excluding hydrogens is 574 g/mol. The first-order valence-corrected chi connectivity index (χ1v) is 14.4. The van der Waals surface area contributed by atoms with Gasteiger partial charge in [-0.2, -0.15) is 15.2 Å². The molecule has 0 bridgehead atoms. The third-order valence-corrected chi connectivity index (χ3v) is 7.69. The summed E-state index contributed by atoms with van der Waals surface area (Å²) in [5.74, 6) is 2.30. The second-order valence-corrected chi connectivity index (χ2v) is 10.5. The molecule has 0 saturated carbocycles. The number of para-hydroxylation sites is 4. The van der Waals surface area contributed by atoms with Crippen LogP contribution in [0.3, 0.4) is 0 Å². The van der Waals surface area contributed by atoms with E-state index >= 15 is 0 Å². The van der Waals surface area contributed by atoms with Gasteiger partial charge in [0.2, 0.25) is 0 Å². The Labute approximate surface area is 266 Å². The van der Waals surface area contributed by atoms with Gasteiger partial charge in [0.25, 0.3) is 0 Å². The van der Waals surface area contributed by atoms with Crippen LogP contribution in [0.25, 0.3) is 27.6 Å². The lowest BCUT2D eigenvalue weighted by molar-refractivity contribution is 0.398. The van der Waals surface area contributed by atoms with Crippen molar-refractivity contribution in [1.82, 2.24) is 15.0 Å². The van der Waals surface area contributed by atoms with Crippen LogP contribution in [0.1, 0.15) is 5.56 Å². The Bertz CT molecular complexity index is 2090. The number of aromatic nitrogens is 3. The van der Waals surface area contributed by atoms with Gasteiger partial charge < -0.3 is 19.3 Å². The third kappa shape index (κ3) is 5.30. The number of nitriles is 1. The minimum atomic E-state index is 0.0677. The average molecular weight is 600 g/mol. The predicted octanol–water partition coefficient (Wildman–Crippen LogP) is 9.06. The molecule has 1 aliphatic heterocycles. The molecule has 0 N–H and O–H groups in total. The number of benzene rings is 5. The number of nitrogens with zero attached hydrogens (tertiary/aromatic N) is 7. The van der Waals surface area contributed by atoms with E-state index in [1.165, 1.54) is 0 Å². The lowest BCUT2D eigenvalue weighted by atomic mass is 10.1. The summed E-state index contributed by atoms with van der Waals surface area (Å²) in [6, 6.07) is 37.8. The number of anilines is 4. The van der Waals surface area contributed by atoms with E-state index in [2.05, 4.69) is 54.8 Å². The Morgan fingerprint density at radius 1 is 0.630 bits per heavy atom. The largest absolute Gasteiger partial charge is 0.453 e. The highest BCUT2D eigenvalue weighted by Gasteiger charge is 2.24. The standard InChI is InChI=1S/C37H25N7O2/c1-39-27-18-16-26(17-19-27)36-40-35(25-14-12-24(23-38)13-15-25)41-37(42-36)46-34-11-7-6-10-33(34)45-28-20-21-31-32(22-28)44(3)30-9-5-4-8-29(30)43(31)2/h4-22H,2-3H3. The molecule has 9 nitrogen and oxygen atoms in total. The first-order valence-electron chi connectivity index (χ1n) is 14.4. The second kappa shape index (κ2) is 11.8. The van der Waals surface area contributed by atoms with Gasteiger partial charge in [0.05, 0.1) is 41.0 Å². The highest BCUT2D eigenvalue weighted by Crippen LogP contribution is 2.48. The summed E-state index contributed by atoms with van der Waals surface area (Å²) in [4.78, 5) is 21.7. The maximum atomic E-state index is 9.25. The van der Waals surface area contributed by atoms with E-state index in [9.17, 15) is 5.26 Å². The molecule has 0 spiro atoms. The summed E-state index contributed by atoms with van der Waals surface area (Å²) in [6.07, 6.45) is 0. The Morgan fingerprint density at radius 3 is 1.78 bits per heavy atom. The van der Waals surface area contributed by atoms with E-state index in [1.54, 1.807) is 54.6 Å². The van der Waals surface area contributed by atoms with E-state index in [1.807, 2.05) is 55.6 Å². The van der Waals surface area contributed by atoms with Crippen molar-refractivity contribution in [2.45, 2.75) is 0 Å². The zero-order chi connectivity index (χ0) is 31.6. The van der Waals surface area contributed by atoms with Gasteiger partial charge in [-0.15, -0.1) is 0 Å². The van der Waals surface area contributed by atoms with Crippen molar-refractivity contribution in [3.63, 3.8) is 0 Å². The maximum absolute atomic E-state index is 9.25. The van der Waals surface area contributed by atoms with Gasteiger partial charge in [-0.25, -0.2) is 9.83 Å². The fourth-order valence-electron chi connectivity index (χ4n) is 5.29. The van der Waals surface area contributed by atoms with Crippen molar-refractivity contribution in [2.75, 3.05) is 23.9 Å². The molecular formula is C37H25N7O2. The molecule has 6 aromatic rings. The summed E-state index contributed by atoms with van der Waals surface area (Å²) in [5, 5.41) is 9.25. The second-order valence-electron chi connectivity index (χ2n) is 10.5. The van der Waals surface area contributed by atoms with E-state index in [-0.39, 0.29) is 6.01 Å². The topological polar surface area (TPSA) is 91.8 Å². The Hall–Kier alpha value is -6.71. The molecule has 5 aromatic carbocycles. The van der Waals surface area contributed by atoms with Crippen LogP contribution >= 0.6 is 0 Å². The van der Waals surface area contributed by atoms with Gasteiger partial charge in [-0.3, -0.25) is 0 Å². The first kappa shape index (κ1) is 28.1.